The number of nitro benzene ring substituents is 1. The SMILES string of the molecule is Cc1ccc(C(C)Nc2nc(C3CC3)ns2)cc1[N+](=O)[O-]. The van der Waals surface area contributed by atoms with E-state index in [1.807, 2.05) is 13.0 Å². The number of anilines is 1. The molecule has 1 heterocycles. The van der Waals surface area contributed by atoms with E-state index in [0.29, 0.717) is 11.5 Å². The van der Waals surface area contributed by atoms with Crippen molar-refractivity contribution >= 4 is 22.4 Å². The Kier molecular flexibility index (Phi) is 3.59. The number of benzene rings is 1. The van der Waals surface area contributed by atoms with E-state index in [4.69, 9.17) is 0 Å². The molecule has 110 valence electrons. The highest BCUT2D eigenvalue weighted by Crippen LogP contribution is 2.39. The van der Waals surface area contributed by atoms with Gasteiger partial charge in [0.2, 0.25) is 5.13 Å². The van der Waals surface area contributed by atoms with E-state index >= 15 is 0 Å². The fraction of sp³-hybridized carbons (Fsp3) is 0.429. The number of nitrogens with zero attached hydrogens (tertiary/aromatic N) is 3. The maximum atomic E-state index is 11.0. The second-order valence-electron chi connectivity index (χ2n) is 5.40. The Balaban J connectivity index is 1.76. The molecular weight excluding hydrogens is 288 g/mol. The zero-order valence-corrected chi connectivity index (χ0v) is 12.7. The van der Waals surface area contributed by atoms with Crippen LogP contribution < -0.4 is 5.32 Å². The Hall–Kier alpha value is -2.02. The van der Waals surface area contributed by atoms with Crippen molar-refractivity contribution < 1.29 is 4.92 Å². The Morgan fingerprint density at radius 1 is 1.48 bits per heavy atom. The lowest BCUT2D eigenvalue weighted by molar-refractivity contribution is -0.385. The van der Waals surface area contributed by atoms with Gasteiger partial charge in [-0.25, -0.2) is 4.98 Å². The van der Waals surface area contributed by atoms with Crippen LogP contribution in [0.15, 0.2) is 18.2 Å². The average molecular weight is 304 g/mol. The molecule has 1 fully saturated rings. The van der Waals surface area contributed by atoms with Crippen LogP contribution in [0, 0.1) is 17.0 Å². The van der Waals surface area contributed by atoms with Crippen molar-refractivity contribution in [1.29, 1.82) is 0 Å². The summed E-state index contributed by atoms with van der Waals surface area (Å²) >= 11 is 1.35. The summed E-state index contributed by atoms with van der Waals surface area (Å²) < 4.78 is 4.34. The maximum Gasteiger partial charge on any atom is 0.272 e. The lowest BCUT2D eigenvalue weighted by Crippen LogP contribution is -2.07. The molecule has 7 heteroatoms. The van der Waals surface area contributed by atoms with E-state index in [2.05, 4.69) is 14.7 Å². The molecule has 0 radical (unpaired) electrons. The number of rotatable bonds is 5. The molecule has 1 aliphatic rings. The van der Waals surface area contributed by atoms with Gasteiger partial charge in [0.1, 0.15) is 5.82 Å². The van der Waals surface area contributed by atoms with E-state index < -0.39 is 0 Å². The predicted octanol–water partition coefficient (Wildman–Crippen LogP) is 3.81. The fourth-order valence-corrected chi connectivity index (χ4v) is 2.90. The van der Waals surface area contributed by atoms with Gasteiger partial charge >= 0.3 is 0 Å². The van der Waals surface area contributed by atoms with Gasteiger partial charge in [-0.15, -0.1) is 0 Å². The van der Waals surface area contributed by atoms with E-state index in [-0.39, 0.29) is 16.7 Å². The van der Waals surface area contributed by atoms with Crippen molar-refractivity contribution in [2.75, 3.05) is 5.32 Å². The smallest absolute Gasteiger partial charge is 0.272 e. The van der Waals surface area contributed by atoms with Crippen LogP contribution in [0.25, 0.3) is 0 Å². The molecule has 1 saturated carbocycles. The highest BCUT2D eigenvalue weighted by Gasteiger charge is 2.28. The third-order valence-electron chi connectivity index (χ3n) is 3.65. The Morgan fingerprint density at radius 2 is 2.24 bits per heavy atom. The summed E-state index contributed by atoms with van der Waals surface area (Å²) in [5.41, 5.74) is 1.69. The van der Waals surface area contributed by atoms with Crippen molar-refractivity contribution in [2.45, 2.75) is 38.6 Å². The number of aryl methyl sites for hydroxylation is 1. The summed E-state index contributed by atoms with van der Waals surface area (Å²) in [5.74, 6) is 1.46. The van der Waals surface area contributed by atoms with Crippen LogP contribution in [0.5, 0.6) is 0 Å². The molecule has 1 N–H and O–H groups in total. The highest BCUT2D eigenvalue weighted by atomic mass is 32.1. The van der Waals surface area contributed by atoms with Crippen LogP contribution >= 0.6 is 11.5 Å². The minimum Gasteiger partial charge on any atom is -0.354 e. The number of nitro groups is 1. The van der Waals surface area contributed by atoms with Crippen molar-refractivity contribution in [3.8, 4) is 0 Å². The first-order valence-corrected chi connectivity index (χ1v) is 7.67. The van der Waals surface area contributed by atoms with Crippen LogP contribution in [0.4, 0.5) is 10.8 Å². The molecule has 1 aromatic heterocycles. The van der Waals surface area contributed by atoms with Crippen LogP contribution in [-0.2, 0) is 0 Å². The van der Waals surface area contributed by atoms with Crippen molar-refractivity contribution in [3.05, 3.63) is 45.3 Å². The van der Waals surface area contributed by atoms with E-state index in [9.17, 15) is 10.1 Å². The van der Waals surface area contributed by atoms with E-state index in [1.54, 1.807) is 19.1 Å². The molecule has 3 rings (SSSR count). The van der Waals surface area contributed by atoms with Gasteiger partial charge in [-0.2, -0.15) is 4.37 Å². The van der Waals surface area contributed by atoms with Gasteiger partial charge in [0.15, 0.2) is 0 Å². The van der Waals surface area contributed by atoms with Gasteiger partial charge < -0.3 is 5.32 Å². The summed E-state index contributed by atoms with van der Waals surface area (Å²) in [5, 5.41) is 15.0. The molecule has 6 nitrogen and oxygen atoms in total. The first-order valence-electron chi connectivity index (χ1n) is 6.89. The summed E-state index contributed by atoms with van der Waals surface area (Å²) in [7, 11) is 0. The minimum atomic E-state index is -0.346. The normalized spacial score (nSPS) is 15.7. The van der Waals surface area contributed by atoms with Crippen LogP contribution in [0.3, 0.4) is 0 Å². The van der Waals surface area contributed by atoms with Gasteiger partial charge in [0.25, 0.3) is 5.69 Å². The molecule has 0 amide bonds. The maximum absolute atomic E-state index is 11.0. The largest absolute Gasteiger partial charge is 0.354 e. The molecule has 1 aliphatic carbocycles. The summed E-state index contributed by atoms with van der Waals surface area (Å²) in [6.45, 7) is 3.71. The van der Waals surface area contributed by atoms with Crippen LogP contribution in [-0.4, -0.2) is 14.3 Å². The summed E-state index contributed by atoms with van der Waals surface area (Å²) in [4.78, 5) is 15.1. The van der Waals surface area contributed by atoms with Gasteiger partial charge in [0.05, 0.1) is 11.0 Å². The summed E-state index contributed by atoms with van der Waals surface area (Å²) in [6, 6.07) is 5.25. The molecule has 0 spiro atoms. The molecule has 1 atom stereocenters. The fourth-order valence-electron chi connectivity index (χ4n) is 2.16. The molecule has 1 unspecified atom stereocenters. The first-order chi connectivity index (χ1) is 10.0. The standard InChI is InChI=1S/C14H16N4O2S/c1-8-3-4-11(7-12(8)18(19)20)9(2)15-14-16-13(17-21-14)10-5-6-10/h3-4,7,9-10H,5-6H2,1-2H3,(H,15,16,17). The molecule has 21 heavy (non-hydrogen) atoms. The lowest BCUT2D eigenvalue weighted by Gasteiger charge is -2.13. The van der Waals surface area contributed by atoms with Crippen molar-refractivity contribution in [1.82, 2.24) is 9.36 Å². The monoisotopic (exact) mass is 304 g/mol. The highest BCUT2D eigenvalue weighted by molar-refractivity contribution is 7.09. The number of aromatic nitrogens is 2. The molecule has 0 bridgehead atoms. The Bertz CT molecular complexity index is 681. The zero-order chi connectivity index (χ0) is 15.0. The van der Waals surface area contributed by atoms with Gasteiger partial charge in [-0.05, 0) is 32.3 Å². The van der Waals surface area contributed by atoms with Crippen molar-refractivity contribution in [2.24, 2.45) is 0 Å². The zero-order valence-electron chi connectivity index (χ0n) is 11.9. The Labute approximate surface area is 126 Å². The molecule has 0 aliphatic heterocycles. The molecule has 1 aromatic carbocycles. The molecular formula is C14H16N4O2S. The van der Waals surface area contributed by atoms with Gasteiger partial charge in [-0.1, -0.05) is 12.1 Å². The van der Waals surface area contributed by atoms with Gasteiger partial charge in [-0.3, -0.25) is 10.1 Å². The first kappa shape index (κ1) is 13.9. The third kappa shape index (κ3) is 3.02. The van der Waals surface area contributed by atoms with Gasteiger partial charge in [0, 0.05) is 29.1 Å². The second-order valence-corrected chi connectivity index (χ2v) is 6.15. The van der Waals surface area contributed by atoms with Crippen LogP contribution in [0.2, 0.25) is 0 Å². The van der Waals surface area contributed by atoms with E-state index in [1.165, 1.54) is 24.4 Å². The molecule has 0 saturated heterocycles. The second kappa shape index (κ2) is 5.40. The predicted molar refractivity (Wildman–Crippen MR) is 81.8 cm³/mol. The number of hydrogen-bond donors (Lipinski definition) is 1. The number of nitrogens with one attached hydrogen (secondary N) is 1. The molecule has 2 aromatic rings. The third-order valence-corrected chi connectivity index (χ3v) is 4.31. The Morgan fingerprint density at radius 3 is 2.90 bits per heavy atom. The minimum absolute atomic E-state index is 0.0516. The average Bonchev–Trinajstić information content (AvgIpc) is 3.19. The van der Waals surface area contributed by atoms with Crippen LogP contribution in [0.1, 0.15) is 48.7 Å². The summed E-state index contributed by atoms with van der Waals surface area (Å²) in [6.07, 6.45) is 2.35. The van der Waals surface area contributed by atoms with Crippen molar-refractivity contribution in [3.63, 3.8) is 0 Å². The lowest BCUT2D eigenvalue weighted by atomic mass is 10.1. The topological polar surface area (TPSA) is 81.0 Å². The quantitative estimate of drug-likeness (QED) is 0.671. The number of hydrogen-bond acceptors (Lipinski definition) is 6. The van der Waals surface area contributed by atoms with E-state index in [0.717, 1.165) is 16.5 Å².